The summed E-state index contributed by atoms with van der Waals surface area (Å²) in [5.74, 6) is 0.908. The molecule has 0 amide bonds. The monoisotopic (exact) mass is 535 g/mol. The lowest BCUT2D eigenvalue weighted by molar-refractivity contribution is 1.08. The van der Waals surface area contributed by atoms with Gasteiger partial charge < -0.3 is 4.90 Å². The molecule has 0 saturated heterocycles. The van der Waals surface area contributed by atoms with E-state index in [4.69, 9.17) is 4.98 Å². The lowest BCUT2D eigenvalue weighted by Crippen LogP contribution is -2.15. The number of rotatable bonds is 3. The summed E-state index contributed by atoms with van der Waals surface area (Å²) in [5.41, 5.74) is 10.6. The highest BCUT2D eigenvalue weighted by Crippen LogP contribution is 2.54. The van der Waals surface area contributed by atoms with Crippen LogP contribution in [0.1, 0.15) is 0 Å². The van der Waals surface area contributed by atoms with E-state index in [9.17, 15) is 0 Å². The maximum Gasteiger partial charge on any atom is 0.137 e. The third kappa shape index (κ3) is 3.25. The molecule has 6 aromatic carbocycles. The Morgan fingerprint density at radius 1 is 0.476 bits per heavy atom. The number of nitrogens with zero attached hydrogens (tertiary/aromatic N) is 3. The van der Waals surface area contributed by atoms with Crippen LogP contribution in [0, 0.1) is 0 Å². The second-order valence-electron chi connectivity index (χ2n) is 10.8. The SMILES string of the molecule is c1ccc(-c2ccc(-n3c4ccccc4c4c5c(ccc43)-c3cccc4cccc(c34)N5c3ccccc3)nc2)cc1. The Morgan fingerprint density at radius 2 is 1.24 bits per heavy atom. The molecule has 196 valence electrons. The number of hydrogen-bond donors (Lipinski definition) is 0. The van der Waals surface area contributed by atoms with Gasteiger partial charge in [-0.05, 0) is 59.0 Å². The van der Waals surface area contributed by atoms with Crippen LogP contribution in [0.15, 0.2) is 152 Å². The molecule has 0 saturated carbocycles. The molecule has 3 heterocycles. The summed E-state index contributed by atoms with van der Waals surface area (Å²) in [7, 11) is 0. The molecule has 0 unspecified atom stereocenters. The molecule has 0 spiro atoms. The Kier molecular flexibility index (Phi) is 4.90. The molecule has 0 radical (unpaired) electrons. The normalized spacial score (nSPS) is 12.2. The highest BCUT2D eigenvalue weighted by Gasteiger charge is 2.30. The maximum atomic E-state index is 5.00. The molecule has 9 rings (SSSR count). The average Bonchev–Trinajstić information content (AvgIpc) is 3.41. The van der Waals surface area contributed by atoms with Crippen molar-refractivity contribution in [3.8, 4) is 28.1 Å². The molecular weight excluding hydrogens is 510 g/mol. The third-order valence-electron chi connectivity index (χ3n) is 8.55. The molecule has 1 aliphatic rings. The average molecular weight is 536 g/mol. The standard InChI is InChI=1S/C39H25N3/c1-3-11-26(12-4-1)28-21-24-36(40-25-28)42-33-19-8-7-17-32(33)38-35(42)23-22-31-30-18-9-13-27-14-10-20-34(37(27)30)41(39(31)38)29-15-5-2-6-16-29/h1-25H. The zero-order chi connectivity index (χ0) is 27.6. The first-order valence-corrected chi connectivity index (χ1v) is 14.3. The van der Waals surface area contributed by atoms with E-state index in [-0.39, 0.29) is 0 Å². The molecule has 1 aliphatic heterocycles. The lowest BCUT2D eigenvalue weighted by Gasteiger charge is -2.34. The largest absolute Gasteiger partial charge is 0.309 e. The van der Waals surface area contributed by atoms with E-state index in [1.165, 1.54) is 49.6 Å². The van der Waals surface area contributed by atoms with Crippen molar-refractivity contribution in [2.24, 2.45) is 0 Å². The predicted molar refractivity (Wildman–Crippen MR) is 175 cm³/mol. The third-order valence-corrected chi connectivity index (χ3v) is 8.55. The second-order valence-corrected chi connectivity index (χ2v) is 10.8. The van der Waals surface area contributed by atoms with Crippen LogP contribution in [-0.2, 0) is 0 Å². The van der Waals surface area contributed by atoms with E-state index < -0.39 is 0 Å². The van der Waals surface area contributed by atoms with Gasteiger partial charge in [-0.15, -0.1) is 0 Å². The molecule has 8 aromatic rings. The van der Waals surface area contributed by atoms with Gasteiger partial charge in [0.2, 0.25) is 0 Å². The lowest BCUT2D eigenvalue weighted by atomic mass is 9.89. The first-order valence-electron chi connectivity index (χ1n) is 14.3. The number of para-hydroxylation sites is 2. The fraction of sp³-hybridized carbons (Fsp3) is 0. The second kappa shape index (κ2) is 8.92. The minimum absolute atomic E-state index is 0.908. The van der Waals surface area contributed by atoms with Gasteiger partial charge in [0.15, 0.2) is 0 Å². The van der Waals surface area contributed by atoms with Gasteiger partial charge in [0.25, 0.3) is 0 Å². The fourth-order valence-electron chi connectivity index (χ4n) is 6.76. The predicted octanol–water partition coefficient (Wildman–Crippen LogP) is 10.4. The number of anilines is 3. The van der Waals surface area contributed by atoms with Crippen LogP contribution in [0.5, 0.6) is 0 Å². The van der Waals surface area contributed by atoms with Crippen molar-refractivity contribution >= 4 is 49.6 Å². The van der Waals surface area contributed by atoms with Gasteiger partial charge in [-0.2, -0.15) is 0 Å². The topological polar surface area (TPSA) is 21.1 Å². The quantitative estimate of drug-likeness (QED) is 0.224. The van der Waals surface area contributed by atoms with Gasteiger partial charge >= 0.3 is 0 Å². The Labute approximate surface area is 243 Å². The minimum Gasteiger partial charge on any atom is -0.309 e. The van der Waals surface area contributed by atoms with Crippen molar-refractivity contribution < 1.29 is 0 Å². The molecule has 2 aromatic heterocycles. The highest BCUT2D eigenvalue weighted by molar-refractivity contribution is 6.24. The van der Waals surface area contributed by atoms with Gasteiger partial charge in [0.1, 0.15) is 5.82 Å². The Hall–Kier alpha value is -5.67. The Bertz CT molecular complexity index is 2280. The van der Waals surface area contributed by atoms with Crippen LogP contribution in [0.4, 0.5) is 17.1 Å². The Morgan fingerprint density at radius 3 is 2.05 bits per heavy atom. The summed E-state index contributed by atoms with van der Waals surface area (Å²) < 4.78 is 2.31. The van der Waals surface area contributed by atoms with Crippen molar-refractivity contribution in [1.29, 1.82) is 0 Å². The van der Waals surface area contributed by atoms with Crippen LogP contribution in [-0.4, -0.2) is 9.55 Å². The molecule has 0 atom stereocenters. The van der Waals surface area contributed by atoms with Crippen LogP contribution < -0.4 is 4.90 Å². The van der Waals surface area contributed by atoms with E-state index in [0.717, 1.165) is 28.1 Å². The maximum absolute atomic E-state index is 5.00. The van der Waals surface area contributed by atoms with Crippen LogP contribution in [0.25, 0.3) is 60.6 Å². The van der Waals surface area contributed by atoms with E-state index in [1.807, 2.05) is 12.3 Å². The van der Waals surface area contributed by atoms with Gasteiger partial charge in [-0.3, -0.25) is 4.57 Å². The number of hydrogen-bond acceptors (Lipinski definition) is 2. The van der Waals surface area contributed by atoms with Crippen molar-refractivity contribution in [2.45, 2.75) is 0 Å². The molecule has 0 N–H and O–H groups in total. The number of fused-ring (bicyclic) bond motifs is 6. The van der Waals surface area contributed by atoms with Crippen molar-refractivity contribution in [3.05, 3.63) is 152 Å². The summed E-state index contributed by atoms with van der Waals surface area (Å²) in [6, 6.07) is 52.1. The van der Waals surface area contributed by atoms with Gasteiger partial charge in [0.05, 0.1) is 22.4 Å². The molecule has 42 heavy (non-hydrogen) atoms. The molecule has 0 bridgehead atoms. The minimum atomic E-state index is 0.908. The summed E-state index contributed by atoms with van der Waals surface area (Å²) in [5, 5.41) is 4.98. The van der Waals surface area contributed by atoms with Crippen molar-refractivity contribution in [3.63, 3.8) is 0 Å². The summed E-state index contributed by atoms with van der Waals surface area (Å²) >= 11 is 0. The number of aromatic nitrogens is 2. The summed E-state index contributed by atoms with van der Waals surface area (Å²) in [6.07, 6.45) is 1.98. The van der Waals surface area contributed by atoms with E-state index in [0.29, 0.717) is 0 Å². The molecule has 0 aliphatic carbocycles. The molecule has 3 nitrogen and oxygen atoms in total. The molecule has 0 fully saturated rings. The number of pyridine rings is 1. The van der Waals surface area contributed by atoms with Crippen LogP contribution >= 0.6 is 0 Å². The highest BCUT2D eigenvalue weighted by atomic mass is 15.2. The molecule has 3 heteroatoms. The summed E-state index contributed by atoms with van der Waals surface area (Å²) in [4.78, 5) is 7.46. The zero-order valence-corrected chi connectivity index (χ0v) is 22.8. The van der Waals surface area contributed by atoms with Gasteiger partial charge in [0, 0.05) is 39.2 Å². The first-order chi connectivity index (χ1) is 20.9. The zero-order valence-electron chi connectivity index (χ0n) is 22.8. The van der Waals surface area contributed by atoms with Gasteiger partial charge in [-0.1, -0.05) is 103 Å². The van der Waals surface area contributed by atoms with E-state index >= 15 is 0 Å². The smallest absolute Gasteiger partial charge is 0.137 e. The van der Waals surface area contributed by atoms with Crippen LogP contribution in [0.2, 0.25) is 0 Å². The number of benzene rings is 6. The fourth-order valence-corrected chi connectivity index (χ4v) is 6.76. The van der Waals surface area contributed by atoms with Gasteiger partial charge in [-0.25, -0.2) is 4.98 Å². The van der Waals surface area contributed by atoms with Crippen LogP contribution in [0.3, 0.4) is 0 Å². The van der Waals surface area contributed by atoms with Crippen molar-refractivity contribution in [1.82, 2.24) is 9.55 Å². The summed E-state index contributed by atoms with van der Waals surface area (Å²) in [6.45, 7) is 0. The molecular formula is C39H25N3. The Balaban J connectivity index is 1.37. The first kappa shape index (κ1) is 23.1. The van der Waals surface area contributed by atoms with Crippen molar-refractivity contribution in [2.75, 3.05) is 4.90 Å². The van der Waals surface area contributed by atoms with E-state index in [2.05, 4.69) is 149 Å². The van der Waals surface area contributed by atoms with E-state index in [1.54, 1.807) is 0 Å².